The fraction of sp³-hybridized carbons (Fsp3) is 0.235. The molecule has 110 valence electrons. The highest BCUT2D eigenvalue weighted by Gasteiger charge is 2.15. The van der Waals surface area contributed by atoms with Crippen molar-refractivity contribution in [3.63, 3.8) is 0 Å². The third kappa shape index (κ3) is 3.56. The van der Waals surface area contributed by atoms with Crippen LogP contribution in [0.2, 0.25) is 5.02 Å². The number of ketones is 1. The predicted molar refractivity (Wildman–Crippen MR) is 83.8 cm³/mol. The van der Waals surface area contributed by atoms with Crippen LogP contribution in [0.15, 0.2) is 36.4 Å². The van der Waals surface area contributed by atoms with Gasteiger partial charge >= 0.3 is 0 Å². The minimum Gasteiger partial charge on any atom is -0.497 e. The SMILES string of the molecule is COc1ccc(OC)c(C(=O)Cc2ccc(C)cc2Cl)c1. The number of hydrogen-bond acceptors (Lipinski definition) is 3. The molecular formula is C17H17ClO3. The van der Waals surface area contributed by atoms with Crippen LogP contribution >= 0.6 is 11.6 Å². The average molecular weight is 305 g/mol. The summed E-state index contributed by atoms with van der Waals surface area (Å²) in [4.78, 5) is 12.5. The summed E-state index contributed by atoms with van der Waals surface area (Å²) >= 11 is 6.19. The second-order valence-corrected chi connectivity index (χ2v) is 5.17. The quantitative estimate of drug-likeness (QED) is 0.780. The van der Waals surface area contributed by atoms with Crippen molar-refractivity contribution in [2.75, 3.05) is 14.2 Å². The number of ether oxygens (including phenoxy) is 2. The van der Waals surface area contributed by atoms with E-state index in [2.05, 4.69) is 0 Å². The number of halogens is 1. The molecule has 2 rings (SSSR count). The van der Waals surface area contributed by atoms with Crippen LogP contribution in [0.3, 0.4) is 0 Å². The van der Waals surface area contributed by atoms with Gasteiger partial charge in [0.15, 0.2) is 5.78 Å². The lowest BCUT2D eigenvalue weighted by atomic mass is 10.0. The van der Waals surface area contributed by atoms with Gasteiger partial charge in [-0.1, -0.05) is 23.7 Å². The lowest BCUT2D eigenvalue weighted by Crippen LogP contribution is -2.06. The molecule has 0 saturated carbocycles. The van der Waals surface area contributed by atoms with Gasteiger partial charge in [0.1, 0.15) is 11.5 Å². The van der Waals surface area contributed by atoms with E-state index in [1.54, 1.807) is 25.3 Å². The number of carbonyl (C=O) groups is 1. The molecule has 0 aliphatic heterocycles. The first-order chi connectivity index (χ1) is 10.0. The molecule has 2 aromatic rings. The lowest BCUT2D eigenvalue weighted by Gasteiger charge is -2.10. The first-order valence-corrected chi connectivity index (χ1v) is 6.93. The Bertz CT molecular complexity index is 665. The van der Waals surface area contributed by atoms with Gasteiger partial charge in [-0.25, -0.2) is 0 Å². The van der Waals surface area contributed by atoms with Crippen molar-refractivity contribution in [3.8, 4) is 11.5 Å². The van der Waals surface area contributed by atoms with E-state index in [-0.39, 0.29) is 12.2 Å². The Balaban J connectivity index is 2.31. The smallest absolute Gasteiger partial charge is 0.171 e. The highest BCUT2D eigenvalue weighted by molar-refractivity contribution is 6.31. The van der Waals surface area contributed by atoms with Crippen LogP contribution in [0.1, 0.15) is 21.5 Å². The number of Topliss-reactive ketones (excluding diaryl/α,β-unsaturated/α-hetero) is 1. The van der Waals surface area contributed by atoms with Crippen molar-refractivity contribution < 1.29 is 14.3 Å². The third-order valence-corrected chi connectivity index (χ3v) is 3.62. The zero-order valence-corrected chi connectivity index (χ0v) is 13.0. The topological polar surface area (TPSA) is 35.5 Å². The molecule has 0 unspecified atom stereocenters. The lowest BCUT2D eigenvalue weighted by molar-refractivity contribution is 0.0989. The minimum absolute atomic E-state index is 0.0588. The van der Waals surface area contributed by atoms with Gasteiger partial charge in [0.25, 0.3) is 0 Å². The molecule has 0 spiro atoms. The summed E-state index contributed by atoms with van der Waals surface area (Å²) in [6.07, 6.45) is 0.225. The third-order valence-electron chi connectivity index (χ3n) is 3.27. The van der Waals surface area contributed by atoms with Crippen molar-refractivity contribution in [3.05, 3.63) is 58.1 Å². The molecule has 0 N–H and O–H groups in total. The van der Waals surface area contributed by atoms with E-state index in [1.807, 2.05) is 25.1 Å². The van der Waals surface area contributed by atoms with Crippen LogP contribution in [-0.2, 0) is 6.42 Å². The van der Waals surface area contributed by atoms with Crippen LogP contribution in [0, 0.1) is 6.92 Å². The van der Waals surface area contributed by atoms with Crippen LogP contribution in [0.5, 0.6) is 11.5 Å². The van der Waals surface area contributed by atoms with E-state index in [9.17, 15) is 4.79 Å². The molecule has 3 nitrogen and oxygen atoms in total. The van der Waals surface area contributed by atoms with Crippen molar-refractivity contribution in [2.24, 2.45) is 0 Å². The summed E-state index contributed by atoms with van der Waals surface area (Å²) in [5.41, 5.74) is 2.36. The van der Waals surface area contributed by atoms with Gasteiger partial charge in [0.2, 0.25) is 0 Å². The van der Waals surface area contributed by atoms with Crippen LogP contribution in [-0.4, -0.2) is 20.0 Å². The largest absolute Gasteiger partial charge is 0.497 e. The molecule has 0 saturated heterocycles. The number of methoxy groups -OCH3 is 2. The van der Waals surface area contributed by atoms with E-state index < -0.39 is 0 Å². The highest BCUT2D eigenvalue weighted by Crippen LogP contribution is 2.27. The molecule has 0 bridgehead atoms. The molecule has 0 fully saturated rings. The van der Waals surface area contributed by atoms with Gasteiger partial charge in [-0.15, -0.1) is 0 Å². The standard InChI is InChI=1S/C17H17ClO3/c1-11-4-5-12(15(18)8-11)9-16(19)14-10-13(20-2)6-7-17(14)21-3/h4-8,10H,9H2,1-3H3. The van der Waals surface area contributed by atoms with Crippen molar-refractivity contribution in [2.45, 2.75) is 13.3 Å². The summed E-state index contributed by atoms with van der Waals surface area (Å²) in [6, 6.07) is 10.8. The Morgan fingerprint density at radius 3 is 2.48 bits per heavy atom. The molecule has 0 aliphatic rings. The number of carbonyl (C=O) groups excluding carboxylic acids is 1. The maximum atomic E-state index is 12.5. The Morgan fingerprint density at radius 2 is 1.86 bits per heavy atom. The van der Waals surface area contributed by atoms with Crippen molar-refractivity contribution in [1.29, 1.82) is 0 Å². The second kappa shape index (κ2) is 6.64. The monoisotopic (exact) mass is 304 g/mol. The van der Waals surface area contributed by atoms with Gasteiger partial charge in [-0.3, -0.25) is 4.79 Å². The van der Waals surface area contributed by atoms with Crippen LogP contribution in [0.25, 0.3) is 0 Å². The second-order valence-electron chi connectivity index (χ2n) is 4.76. The molecule has 0 heterocycles. The molecule has 4 heteroatoms. The maximum Gasteiger partial charge on any atom is 0.171 e. The summed E-state index contributed by atoms with van der Waals surface area (Å²) in [5.74, 6) is 1.09. The summed E-state index contributed by atoms with van der Waals surface area (Å²) in [7, 11) is 3.10. The number of rotatable bonds is 5. The molecule has 0 aliphatic carbocycles. The number of aryl methyl sites for hydroxylation is 1. The van der Waals surface area contributed by atoms with Crippen molar-refractivity contribution >= 4 is 17.4 Å². The first kappa shape index (κ1) is 15.4. The normalized spacial score (nSPS) is 10.3. The summed E-state index contributed by atoms with van der Waals surface area (Å²) < 4.78 is 10.4. The molecule has 0 radical (unpaired) electrons. The van der Waals surface area contributed by atoms with Crippen molar-refractivity contribution in [1.82, 2.24) is 0 Å². The summed E-state index contributed by atoms with van der Waals surface area (Å²) in [6.45, 7) is 1.96. The fourth-order valence-corrected chi connectivity index (χ4v) is 2.40. The van der Waals surface area contributed by atoms with Gasteiger partial charge in [0, 0.05) is 11.4 Å². The van der Waals surface area contributed by atoms with Gasteiger partial charge in [-0.05, 0) is 42.3 Å². The Hall–Kier alpha value is -2.00. The first-order valence-electron chi connectivity index (χ1n) is 6.55. The molecule has 0 atom stereocenters. The molecule has 0 aromatic heterocycles. The Labute approximate surface area is 129 Å². The highest BCUT2D eigenvalue weighted by atomic mass is 35.5. The van der Waals surface area contributed by atoms with E-state index >= 15 is 0 Å². The summed E-state index contributed by atoms with van der Waals surface area (Å²) in [5, 5.41) is 0.602. The van der Waals surface area contributed by atoms with Crippen LogP contribution in [0.4, 0.5) is 0 Å². The zero-order valence-electron chi connectivity index (χ0n) is 12.3. The van der Waals surface area contributed by atoms with Gasteiger partial charge < -0.3 is 9.47 Å². The maximum absolute atomic E-state index is 12.5. The Kier molecular flexibility index (Phi) is 4.86. The van der Waals surface area contributed by atoms with Crippen LogP contribution < -0.4 is 9.47 Å². The predicted octanol–water partition coefficient (Wildman–Crippen LogP) is 4.09. The zero-order chi connectivity index (χ0) is 15.4. The Morgan fingerprint density at radius 1 is 1.10 bits per heavy atom. The van der Waals surface area contributed by atoms with E-state index in [1.165, 1.54) is 7.11 Å². The van der Waals surface area contributed by atoms with E-state index in [0.29, 0.717) is 22.1 Å². The van der Waals surface area contributed by atoms with E-state index in [4.69, 9.17) is 21.1 Å². The number of hydrogen-bond donors (Lipinski definition) is 0. The minimum atomic E-state index is -0.0588. The van der Waals surface area contributed by atoms with Gasteiger partial charge in [0.05, 0.1) is 19.8 Å². The average Bonchev–Trinajstić information content (AvgIpc) is 2.49. The molecular weight excluding hydrogens is 288 g/mol. The molecule has 0 amide bonds. The molecule has 21 heavy (non-hydrogen) atoms. The fourth-order valence-electron chi connectivity index (χ4n) is 2.10. The number of benzene rings is 2. The van der Waals surface area contributed by atoms with E-state index in [0.717, 1.165) is 11.1 Å². The van der Waals surface area contributed by atoms with Gasteiger partial charge in [-0.2, -0.15) is 0 Å². The molecule has 2 aromatic carbocycles.